The Hall–Kier alpha value is -5.82. The van der Waals surface area contributed by atoms with Gasteiger partial charge in [-0.25, -0.2) is 0 Å². The number of benzene rings is 10. The zero-order chi connectivity index (χ0) is 53.7. The molecule has 0 aliphatic carbocycles. The maximum absolute atomic E-state index is 12.0. The lowest BCUT2D eigenvalue weighted by atomic mass is 9.92. The van der Waals surface area contributed by atoms with Gasteiger partial charge in [-0.15, -0.1) is 0 Å². The van der Waals surface area contributed by atoms with Gasteiger partial charge in [-0.1, -0.05) is 162 Å². The van der Waals surface area contributed by atoms with Crippen molar-refractivity contribution in [1.82, 2.24) is 0 Å². The van der Waals surface area contributed by atoms with E-state index in [1.54, 1.807) is 36.4 Å². The van der Waals surface area contributed by atoms with Gasteiger partial charge >= 0.3 is 0 Å². The van der Waals surface area contributed by atoms with Crippen LogP contribution in [0.4, 0.5) is 0 Å². The van der Waals surface area contributed by atoms with Crippen LogP contribution in [0.25, 0.3) is 65.3 Å². The van der Waals surface area contributed by atoms with E-state index < -0.39 is 20.2 Å². The first-order valence-electron chi connectivity index (χ1n) is 23.9. The van der Waals surface area contributed by atoms with Crippen LogP contribution in [0.2, 0.25) is 0 Å². The normalized spacial score (nSPS) is 12.1. The summed E-state index contributed by atoms with van der Waals surface area (Å²) in [4.78, 5) is 0.123. The average molecular weight is 1340 g/mol. The van der Waals surface area contributed by atoms with Gasteiger partial charge in [0.15, 0.2) is 0 Å². The van der Waals surface area contributed by atoms with Gasteiger partial charge in [0, 0.05) is 46.6 Å². The van der Waals surface area contributed by atoms with E-state index in [0.29, 0.717) is 24.3 Å². The maximum Gasteiger partial charge on any atom is 0.296 e. The van der Waals surface area contributed by atoms with Crippen LogP contribution in [0.3, 0.4) is 0 Å². The topological polar surface area (TPSA) is 146 Å². The summed E-state index contributed by atoms with van der Waals surface area (Å²) < 4.78 is 74.1. The lowest BCUT2D eigenvalue weighted by Gasteiger charge is -2.18. The molecule has 11 rings (SSSR count). The lowest BCUT2D eigenvalue weighted by Crippen LogP contribution is -2.12. The number of phenols is 2. The van der Waals surface area contributed by atoms with Gasteiger partial charge in [-0.05, 0) is 160 Å². The lowest BCUT2D eigenvalue weighted by molar-refractivity contribution is 0.252. The molecule has 10 aromatic rings. The Morgan fingerprint density at radius 3 is 1.06 bits per heavy atom. The summed E-state index contributed by atoms with van der Waals surface area (Å²) in [5.74, 6) is 2.12. The molecule has 78 heavy (non-hydrogen) atoms. The first-order chi connectivity index (χ1) is 36.5. The van der Waals surface area contributed by atoms with E-state index in [1.807, 2.05) is 62.4 Å². The molecule has 1 aliphatic heterocycles. The molecular weight excluding hydrogens is 1290 g/mol. The standard InChI is InChI=1S/C23H16Br2O2.C20H12Br2O2.C17H20O6S2.2CH4/c24-16-4-6-18-14(12-16)2-8-20-22(18)23-19-7-5-17(25)13-15(19)3-9-21(23)27-11-1-10-26-20;21-13-3-5-15-11(9-13)1-7-17(23)19(15)20-16-6-4-14(22)10-12(16)2-8-18(20)24;1-14-4-8-16(9-5-14)24(18,19)22-12-3-13-23-25(20,21)17-10-6-15(2)7-11-17;;/h2-9,12-13H,1,10-11H2;1-10,23-24H;4-11H,3,12-13H2,1-2H3;2*1H4. The molecule has 0 bridgehead atoms. The van der Waals surface area contributed by atoms with E-state index in [0.717, 1.165) is 90.4 Å². The van der Waals surface area contributed by atoms with Crippen molar-refractivity contribution in [2.45, 2.75) is 51.3 Å². The van der Waals surface area contributed by atoms with Gasteiger partial charge in [0.05, 0.1) is 36.2 Å². The van der Waals surface area contributed by atoms with Gasteiger partial charge in [-0.3, -0.25) is 8.37 Å². The Bertz CT molecular complexity index is 3760. The second-order valence-corrected chi connectivity index (χ2v) is 24.7. The highest BCUT2D eigenvalue weighted by Crippen LogP contribution is 2.48. The van der Waals surface area contributed by atoms with Crippen LogP contribution >= 0.6 is 63.7 Å². The molecule has 1 aliphatic rings. The van der Waals surface area contributed by atoms with Gasteiger partial charge in [-0.2, -0.15) is 16.8 Å². The predicted molar refractivity (Wildman–Crippen MR) is 330 cm³/mol. The number of aromatic hydroxyl groups is 2. The van der Waals surface area contributed by atoms with Gasteiger partial charge in [0.25, 0.3) is 20.2 Å². The van der Waals surface area contributed by atoms with Crippen LogP contribution in [0.5, 0.6) is 23.0 Å². The van der Waals surface area contributed by atoms with Crippen LogP contribution in [0, 0.1) is 13.8 Å². The van der Waals surface area contributed by atoms with Gasteiger partial charge < -0.3 is 19.7 Å². The van der Waals surface area contributed by atoms with Crippen molar-refractivity contribution in [3.63, 3.8) is 0 Å². The Balaban J connectivity index is 0.000000168. The Labute approximate surface area is 489 Å². The molecule has 404 valence electrons. The highest BCUT2D eigenvalue weighted by molar-refractivity contribution is 9.11. The molecule has 0 radical (unpaired) electrons. The zero-order valence-electron chi connectivity index (χ0n) is 40.9. The number of hydrogen-bond donors (Lipinski definition) is 2. The van der Waals surface area contributed by atoms with Crippen LogP contribution < -0.4 is 9.47 Å². The molecule has 0 spiro atoms. The molecule has 0 unspecified atom stereocenters. The van der Waals surface area contributed by atoms with E-state index in [2.05, 4.69) is 124 Å². The fraction of sp³-hybridized carbons (Fsp3) is 0.161. The van der Waals surface area contributed by atoms with Crippen molar-refractivity contribution in [1.29, 1.82) is 0 Å². The molecule has 0 fully saturated rings. The molecule has 0 atom stereocenters. The van der Waals surface area contributed by atoms with Crippen LogP contribution in [0.1, 0.15) is 38.8 Å². The summed E-state index contributed by atoms with van der Waals surface area (Å²) in [5.41, 5.74) is 5.37. The molecular formula is C62H56Br4O10S2. The number of rotatable bonds is 9. The molecule has 16 heteroatoms. The smallest absolute Gasteiger partial charge is 0.296 e. The van der Waals surface area contributed by atoms with Crippen molar-refractivity contribution < 1.29 is 44.9 Å². The molecule has 1 heterocycles. The van der Waals surface area contributed by atoms with Crippen molar-refractivity contribution in [2.75, 3.05) is 26.4 Å². The summed E-state index contributed by atoms with van der Waals surface area (Å²) in [7, 11) is -7.71. The maximum atomic E-state index is 12.0. The van der Waals surface area contributed by atoms with Crippen LogP contribution in [-0.2, 0) is 28.6 Å². The third kappa shape index (κ3) is 13.8. The minimum Gasteiger partial charge on any atom is -0.507 e. The summed E-state index contributed by atoms with van der Waals surface area (Å²) in [6.07, 6.45) is 0.978. The minimum absolute atomic E-state index is 0. The average Bonchev–Trinajstić information content (AvgIpc) is 3.53. The van der Waals surface area contributed by atoms with Gasteiger partial charge in [0.2, 0.25) is 0 Å². The Morgan fingerprint density at radius 1 is 0.423 bits per heavy atom. The Kier molecular flexibility index (Phi) is 19.9. The predicted octanol–water partition coefficient (Wildman–Crippen LogP) is 18.0. The molecule has 10 nitrogen and oxygen atoms in total. The third-order valence-corrected chi connectivity index (χ3v) is 17.1. The van der Waals surface area contributed by atoms with Crippen molar-refractivity contribution in [3.8, 4) is 45.3 Å². The quantitative estimate of drug-likeness (QED) is 0.106. The van der Waals surface area contributed by atoms with E-state index in [4.69, 9.17) is 17.8 Å². The van der Waals surface area contributed by atoms with E-state index in [1.165, 1.54) is 35.0 Å². The van der Waals surface area contributed by atoms with Gasteiger partial charge in [0.1, 0.15) is 23.0 Å². The number of ether oxygens (including phenoxy) is 2. The monoisotopic (exact) mass is 1340 g/mol. The SMILES string of the molecule is Brc1ccc2c3c(ccc2c1)OCCCOc1ccc2cc(Br)ccc2c1-3.C.C.Cc1ccc(S(=O)(=O)OCCCOS(=O)(=O)c2ccc(C)cc2)cc1.Oc1ccc2cc(Br)ccc2c1-c1c(O)ccc2cc(Br)ccc12. The van der Waals surface area contributed by atoms with Crippen molar-refractivity contribution in [2.24, 2.45) is 0 Å². The highest BCUT2D eigenvalue weighted by atomic mass is 79.9. The summed E-state index contributed by atoms with van der Waals surface area (Å²) in [6.45, 7) is 4.66. The minimum atomic E-state index is -3.85. The number of hydrogen-bond acceptors (Lipinski definition) is 10. The molecule has 0 aromatic heterocycles. The summed E-state index contributed by atoms with van der Waals surface area (Å²) >= 11 is 14.1. The molecule has 10 aromatic carbocycles. The molecule has 0 amide bonds. The Morgan fingerprint density at radius 2 is 0.731 bits per heavy atom. The van der Waals surface area contributed by atoms with Crippen molar-refractivity contribution >= 4 is 127 Å². The largest absolute Gasteiger partial charge is 0.507 e. The second kappa shape index (κ2) is 26.0. The zero-order valence-corrected chi connectivity index (χ0v) is 48.9. The fourth-order valence-corrected chi connectivity index (χ4v) is 12.2. The fourth-order valence-electron chi connectivity index (χ4n) is 8.79. The van der Waals surface area contributed by atoms with Crippen LogP contribution in [-0.4, -0.2) is 53.5 Å². The highest BCUT2D eigenvalue weighted by Gasteiger charge is 2.22. The van der Waals surface area contributed by atoms with E-state index in [-0.39, 0.29) is 55.8 Å². The second-order valence-electron chi connectivity index (χ2n) is 17.8. The number of fused-ring (bicyclic) bond motifs is 9. The summed E-state index contributed by atoms with van der Waals surface area (Å²) in [6, 6.07) is 52.6. The van der Waals surface area contributed by atoms with E-state index in [9.17, 15) is 27.0 Å². The molecule has 0 saturated carbocycles. The summed E-state index contributed by atoms with van der Waals surface area (Å²) in [5, 5.41) is 29.5. The molecule has 0 saturated heterocycles. The first-order valence-corrected chi connectivity index (χ1v) is 29.9. The third-order valence-electron chi connectivity index (χ3n) is 12.5. The number of aryl methyl sites for hydroxylation is 2. The van der Waals surface area contributed by atoms with E-state index >= 15 is 0 Å². The first kappa shape index (κ1) is 59.8. The molecule has 2 N–H and O–H groups in total. The number of phenolic OH excluding ortho intramolecular Hbond substituents is 2. The van der Waals surface area contributed by atoms with Crippen molar-refractivity contribution in [3.05, 3.63) is 199 Å². The number of halogens is 4. The van der Waals surface area contributed by atoms with Crippen LogP contribution in [0.15, 0.2) is 198 Å².